The minimum atomic E-state index is 0. The zero-order valence-electron chi connectivity index (χ0n) is 22.2. The van der Waals surface area contributed by atoms with E-state index in [1.165, 1.54) is 80.6 Å². The summed E-state index contributed by atoms with van der Waals surface area (Å²) in [6, 6.07) is 18.3. The summed E-state index contributed by atoms with van der Waals surface area (Å²) in [6.07, 6.45) is 4.99. The minimum absolute atomic E-state index is 0. The summed E-state index contributed by atoms with van der Waals surface area (Å²) in [4.78, 5) is 0. The maximum absolute atomic E-state index is 2.35. The molecule has 4 aromatic carbocycles. The molecule has 0 saturated carbocycles. The number of hydrogen-bond donors (Lipinski definition) is 0. The van der Waals surface area contributed by atoms with Gasteiger partial charge < -0.3 is 24.8 Å². The summed E-state index contributed by atoms with van der Waals surface area (Å²) in [5, 5.41) is 5.75. The van der Waals surface area contributed by atoms with Crippen molar-refractivity contribution in [3.05, 3.63) is 81.9 Å². The van der Waals surface area contributed by atoms with E-state index < -0.39 is 0 Å². The first-order valence-electron chi connectivity index (χ1n) is 12.0. The SMILES string of the molecule is CCCc1cc2c(C)ccc(C)c2[cH-]1.CCCc1cc2c(C)ccc(C)c2[cH-]1.C[Si](C)=[Ti+2].[Cl-].[Cl-]. The molecule has 0 bridgehead atoms. The fourth-order valence-electron chi connectivity index (χ4n) is 4.17. The summed E-state index contributed by atoms with van der Waals surface area (Å²) in [6.45, 7) is 17.8. The predicted molar refractivity (Wildman–Crippen MR) is 144 cm³/mol. The second kappa shape index (κ2) is 16.0. The second-order valence-corrected chi connectivity index (χ2v) is 16.0. The molecule has 0 aliphatic rings. The molecule has 4 heteroatoms. The molecule has 0 nitrogen and oxygen atoms in total. The predicted octanol–water partition coefficient (Wildman–Crippen LogP) is 3.05. The molecule has 0 heterocycles. The summed E-state index contributed by atoms with van der Waals surface area (Å²) in [5.74, 6) is 0. The van der Waals surface area contributed by atoms with Gasteiger partial charge in [-0.2, -0.15) is 12.1 Å². The van der Waals surface area contributed by atoms with E-state index in [-0.39, 0.29) is 31.0 Å². The Bertz CT molecular complexity index is 1010. The van der Waals surface area contributed by atoms with Crippen LogP contribution in [0.5, 0.6) is 0 Å². The first-order valence-corrected chi connectivity index (χ1v) is 16.8. The van der Waals surface area contributed by atoms with Crippen LogP contribution in [0.15, 0.2) is 48.5 Å². The normalized spacial score (nSPS) is 9.94. The maximum atomic E-state index is 2.35. The third-order valence-electron chi connectivity index (χ3n) is 5.84. The van der Waals surface area contributed by atoms with Gasteiger partial charge in [0.15, 0.2) is 0 Å². The van der Waals surface area contributed by atoms with Gasteiger partial charge in [-0.1, -0.05) is 63.8 Å². The van der Waals surface area contributed by atoms with Crippen molar-refractivity contribution in [1.82, 2.24) is 0 Å². The molecule has 0 fully saturated rings. The molecule has 0 spiro atoms. The molecule has 0 unspecified atom stereocenters. The van der Waals surface area contributed by atoms with Crippen molar-refractivity contribution >= 4 is 27.7 Å². The van der Waals surface area contributed by atoms with Crippen LogP contribution in [0.4, 0.5) is 0 Å². The first-order chi connectivity index (χ1) is 15.2. The van der Waals surface area contributed by atoms with Crippen molar-refractivity contribution in [2.24, 2.45) is 0 Å². The van der Waals surface area contributed by atoms with Crippen LogP contribution in [0.3, 0.4) is 0 Å². The van der Waals surface area contributed by atoms with Crippen molar-refractivity contribution in [3.63, 3.8) is 0 Å². The molecule has 0 amide bonds. The molecule has 0 aromatic heterocycles. The molecule has 0 radical (unpaired) electrons. The number of aryl methyl sites for hydroxylation is 6. The van der Waals surface area contributed by atoms with Gasteiger partial charge in [-0.15, -0.1) is 68.1 Å². The number of halogens is 2. The molecule has 0 atom stereocenters. The first kappa shape index (κ1) is 33.2. The molecule has 34 heavy (non-hydrogen) atoms. The van der Waals surface area contributed by atoms with Crippen LogP contribution in [0.2, 0.25) is 13.1 Å². The van der Waals surface area contributed by atoms with Gasteiger partial charge in [0.25, 0.3) is 0 Å². The van der Waals surface area contributed by atoms with Crippen molar-refractivity contribution in [2.45, 2.75) is 80.3 Å². The Morgan fingerprint density at radius 3 is 1.21 bits per heavy atom. The fourth-order valence-corrected chi connectivity index (χ4v) is 4.17. The Balaban J connectivity index is 0.000000528. The Labute approximate surface area is 232 Å². The van der Waals surface area contributed by atoms with Gasteiger partial charge in [0.2, 0.25) is 0 Å². The van der Waals surface area contributed by atoms with E-state index in [1.807, 2.05) is 0 Å². The molecule has 0 saturated heterocycles. The zero-order valence-corrected chi connectivity index (χ0v) is 26.3. The smallest absolute Gasteiger partial charge is 1.00 e. The molecular formula is C30H40Cl2SiTi-2. The van der Waals surface area contributed by atoms with E-state index in [0.717, 1.165) is 0 Å². The molecule has 0 aliphatic heterocycles. The van der Waals surface area contributed by atoms with Gasteiger partial charge in [0.1, 0.15) is 0 Å². The third kappa shape index (κ3) is 9.32. The topological polar surface area (TPSA) is 0 Å². The summed E-state index contributed by atoms with van der Waals surface area (Å²) in [7, 11) is 0. The largest absolute Gasteiger partial charge is 1.00 e. The summed E-state index contributed by atoms with van der Waals surface area (Å²) >= 11 is 2.27. The Kier molecular flexibility index (Phi) is 15.6. The number of fused-ring (bicyclic) bond motifs is 2. The van der Waals surface area contributed by atoms with Crippen molar-refractivity contribution in [3.8, 4) is 0 Å². The van der Waals surface area contributed by atoms with Gasteiger partial charge in [-0.3, -0.25) is 0 Å². The summed E-state index contributed by atoms with van der Waals surface area (Å²) < 4.78 is 0. The molecule has 4 aromatic rings. The van der Waals surface area contributed by atoms with Crippen LogP contribution in [0, 0.1) is 27.7 Å². The van der Waals surface area contributed by atoms with E-state index in [9.17, 15) is 0 Å². The summed E-state index contributed by atoms with van der Waals surface area (Å²) in [5.41, 5.74) is 8.56. The van der Waals surface area contributed by atoms with Crippen LogP contribution >= 0.6 is 0 Å². The van der Waals surface area contributed by atoms with E-state index in [4.69, 9.17) is 0 Å². The van der Waals surface area contributed by atoms with E-state index in [2.05, 4.69) is 122 Å². The number of rotatable bonds is 4. The van der Waals surface area contributed by atoms with Crippen molar-refractivity contribution < 1.29 is 44.0 Å². The molecule has 0 aliphatic carbocycles. The van der Waals surface area contributed by atoms with Crippen LogP contribution in [-0.4, -0.2) is 6.19 Å². The van der Waals surface area contributed by atoms with E-state index in [1.54, 1.807) is 0 Å². The second-order valence-electron chi connectivity index (χ2n) is 9.28. The molecule has 184 valence electrons. The molecule has 4 rings (SSSR count). The molecular weight excluding hydrogens is 507 g/mol. The van der Waals surface area contributed by atoms with Gasteiger partial charge >= 0.3 is 38.5 Å². The van der Waals surface area contributed by atoms with Crippen LogP contribution < -0.4 is 24.8 Å². The zero-order chi connectivity index (χ0) is 23.8. The fraction of sp³-hybridized carbons (Fsp3) is 0.400. The van der Waals surface area contributed by atoms with Gasteiger partial charge in [0.05, 0.1) is 0 Å². The van der Waals surface area contributed by atoms with Crippen LogP contribution in [0.1, 0.15) is 60.1 Å². The third-order valence-corrected chi connectivity index (χ3v) is 5.84. The average molecular weight is 548 g/mol. The monoisotopic (exact) mass is 546 g/mol. The minimum Gasteiger partial charge on any atom is -1.00 e. The Morgan fingerprint density at radius 1 is 0.647 bits per heavy atom. The Hall–Kier alpha value is -0.829. The van der Waals surface area contributed by atoms with E-state index in [0.29, 0.717) is 0 Å². The van der Waals surface area contributed by atoms with E-state index >= 15 is 0 Å². The van der Waals surface area contributed by atoms with Crippen molar-refractivity contribution in [2.75, 3.05) is 0 Å². The van der Waals surface area contributed by atoms with Crippen molar-refractivity contribution in [1.29, 1.82) is 0 Å². The van der Waals surface area contributed by atoms with Gasteiger partial charge in [0, 0.05) is 0 Å². The average Bonchev–Trinajstić information content (AvgIpc) is 3.35. The standard InChI is InChI=1S/2C14H17.C2H6Si.2ClH.Ti/c2*1-4-5-12-8-13-10(2)6-7-11(3)14(13)9-12;1-3-2;;;/h2*6-9H,4-5H2,1-3H3;1-2H3;2*1H;/q2*-1;;;;+2/p-2. The number of hydrogen-bond acceptors (Lipinski definition) is 0. The maximum Gasteiger partial charge on any atom is -1.00 e. The van der Waals surface area contributed by atoms with Gasteiger partial charge in [-0.25, -0.2) is 0 Å². The Morgan fingerprint density at radius 2 is 0.941 bits per heavy atom. The quantitative estimate of drug-likeness (QED) is 0.272. The van der Waals surface area contributed by atoms with Crippen LogP contribution in [0.25, 0.3) is 21.5 Å². The molecule has 0 N–H and O–H groups in total. The van der Waals surface area contributed by atoms with Gasteiger partial charge in [-0.05, 0) is 26.7 Å². The number of benzene rings is 2. The van der Waals surface area contributed by atoms with Crippen LogP contribution in [-0.2, 0) is 32.0 Å².